The average molecular weight is 517 g/mol. The highest BCUT2D eigenvalue weighted by Crippen LogP contribution is 2.15. The number of hydrogen-bond donors (Lipinski definition) is 0. The minimum Gasteiger partial charge on any atom is -0.464 e. The molecule has 2 rings (SSSR count). The van der Waals surface area contributed by atoms with E-state index in [0.717, 1.165) is 30.6 Å². The molecule has 0 unspecified atom stereocenters. The monoisotopic (exact) mass is 516 g/mol. The first-order valence-corrected chi connectivity index (χ1v) is 13.9. The van der Waals surface area contributed by atoms with Gasteiger partial charge < -0.3 is 19.0 Å². The van der Waals surface area contributed by atoms with Gasteiger partial charge in [0.15, 0.2) is 0 Å². The number of halogens is 1. The molecule has 0 saturated heterocycles. The van der Waals surface area contributed by atoms with Gasteiger partial charge in [-0.15, -0.1) is 0 Å². The van der Waals surface area contributed by atoms with Gasteiger partial charge in [0, 0.05) is 32.7 Å². The molecule has 0 N–H and O–H groups in total. The number of carbonyl (C=O) groups excluding carboxylic acids is 2. The summed E-state index contributed by atoms with van der Waals surface area (Å²) in [4.78, 5) is 29.9. The Kier molecular flexibility index (Phi) is 14.6. The predicted octanol–water partition coefficient (Wildman–Crippen LogP) is 6.65. The van der Waals surface area contributed by atoms with Crippen LogP contribution in [0.3, 0.4) is 0 Å². The first kappa shape index (κ1) is 30.6. The molecule has 0 spiro atoms. The number of benzene rings is 1. The standard InChI is InChI=1S/C30H45FN2O4/c1-4-6-7-8-9-10-11-13-29(34)32(20-12-21-36-5-2)24-30(35)33(23-28-19-14-25(3)37-28)22-26-15-17-27(31)18-16-26/h14-19H,4-13,20-24H2,1-3H3. The summed E-state index contributed by atoms with van der Waals surface area (Å²) in [5, 5.41) is 0. The number of hydrogen-bond acceptors (Lipinski definition) is 4. The highest BCUT2D eigenvalue weighted by molar-refractivity contribution is 5.84. The van der Waals surface area contributed by atoms with Crippen LogP contribution < -0.4 is 0 Å². The summed E-state index contributed by atoms with van der Waals surface area (Å²) in [5.41, 5.74) is 0.815. The fourth-order valence-electron chi connectivity index (χ4n) is 4.25. The van der Waals surface area contributed by atoms with E-state index in [2.05, 4.69) is 6.92 Å². The summed E-state index contributed by atoms with van der Waals surface area (Å²) >= 11 is 0. The number of amides is 2. The fourth-order valence-corrected chi connectivity index (χ4v) is 4.25. The summed E-state index contributed by atoms with van der Waals surface area (Å²) < 4.78 is 24.6. The third-order valence-electron chi connectivity index (χ3n) is 6.38. The summed E-state index contributed by atoms with van der Waals surface area (Å²) in [6.45, 7) is 8.25. The molecule has 206 valence electrons. The lowest BCUT2D eigenvalue weighted by molar-refractivity contribution is -0.141. The summed E-state index contributed by atoms with van der Waals surface area (Å²) in [6, 6.07) is 9.85. The molecule has 2 aromatic rings. The molecule has 1 aromatic heterocycles. The van der Waals surface area contributed by atoms with Crippen molar-refractivity contribution in [1.29, 1.82) is 0 Å². The quantitative estimate of drug-likeness (QED) is 0.196. The molecule has 6 nitrogen and oxygen atoms in total. The van der Waals surface area contributed by atoms with Crippen LogP contribution in [0.2, 0.25) is 0 Å². The fraction of sp³-hybridized carbons (Fsp3) is 0.600. The zero-order chi connectivity index (χ0) is 26.9. The Labute approximate surface area is 222 Å². The minimum atomic E-state index is -0.320. The number of unbranched alkanes of at least 4 members (excludes halogenated alkanes) is 6. The molecule has 1 aromatic carbocycles. The molecule has 0 radical (unpaired) electrons. The highest BCUT2D eigenvalue weighted by atomic mass is 19.1. The topological polar surface area (TPSA) is 63.0 Å². The third kappa shape index (κ3) is 12.4. The summed E-state index contributed by atoms with van der Waals surface area (Å²) in [6.07, 6.45) is 9.10. The van der Waals surface area contributed by atoms with Crippen molar-refractivity contribution in [2.75, 3.05) is 26.3 Å². The molecule has 0 aliphatic rings. The van der Waals surface area contributed by atoms with Crippen molar-refractivity contribution in [3.05, 3.63) is 59.3 Å². The van der Waals surface area contributed by atoms with Gasteiger partial charge in [-0.05, 0) is 56.5 Å². The van der Waals surface area contributed by atoms with Gasteiger partial charge in [0.25, 0.3) is 0 Å². The zero-order valence-electron chi connectivity index (χ0n) is 23.0. The lowest BCUT2D eigenvalue weighted by atomic mass is 10.1. The molecule has 0 aliphatic heterocycles. The van der Waals surface area contributed by atoms with E-state index in [0.29, 0.717) is 44.9 Å². The number of nitrogens with zero attached hydrogens (tertiary/aromatic N) is 2. The van der Waals surface area contributed by atoms with Gasteiger partial charge in [0.2, 0.25) is 11.8 Å². The van der Waals surface area contributed by atoms with Crippen molar-refractivity contribution in [3.63, 3.8) is 0 Å². The van der Waals surface area contributed by atoms with E-state index in [-0.39, 0.29) is 30.7 Å². The summed E-state index contributed by atoms with van der Waals surface area (Å²) in [7, 11) is 0. The van der Waals surface area contributed by atoms with Gasteiger partial charge in [-0.3, -0.25) is 9.59 Å². The summed E-state index contributed by atoms with van der Waals surface area (Å²) in [5.74, 6) is 0.966. The molecule has 7 heteroatoms. The molecule has 0 atom stereocenters. The van der Waals surface area contributed by atoms with Crippen LogP contribution in [0.15, 0.2) is 40.8 Å². The van der Waals surface area contributed by atoms with Crippen LogP contribution in [0.5, 0.6) is 0 Å². The molecule has 2 amide bonds. The zero-order valence-corrected chi connectivity index (χ0v) is 23.0. The van der Waals surface area contributed by atoms with Crippen LogP contribution in [0.4, 0.5) is 4.39 Å². The molecule has 0 aliphatic carbocycles. The number of rotatable bonds is 19. The van der Waals surface area contributed by atoms with Gasteiger partial charge in [0.05, 0.1) is 13.1 Å². The lowest BCUT2D eigenvalue weighted by Gasteiger charge is -2.27. The van der Waals surface area contributed by atoms with Gasteiger partial charge in [-0.25, -0.2) is 4.39 Å². The van der Waals surface area contributed by atoms with Crippen molar-refractivity contribution in [1.82, 2.24) is 9.80 Å². The number of carbonyl (C=O) groups is 2. The Hall–Kier alpha value is -2.67. The maximum atomic E-state index is 13.5. The molecule has 0 saturated carbocycles. The number of furan rings is 1. The van der Waals surface area contributed by atoms with Gasteiger partial charge in [-0.1, -0.05) is 57.6 Å². The van der Waals surface area contributed by atoms with Crippen molar-refractivity contribution in [2.45, 2.75) is 91.6 Å². The molecular weight excluding hydrogens is 471 g/mol. The van der Waals surface area contributed by atoms with E-state index in [4.69, 9.17) is 9.15 Å². The minimum absolute atomic E-state index is 0.00233. The maximum Gasteiger partial charge on any atom is 0.242 e. The smallest absolute Gasteiger partial charge is 0.242 e. The molecule has 0 fully saturated rings. The van der Waals surface area contributed by atoms with Crippen molar-refractivity contribution in [3.8, 4) is 0 Å². The van der Waals surface area contributed by atoms with E-state index in [1.807, 2.05) is 26.0 Å². The molecule has 1 heterocycles. The second-order valence-corrected chi connectivity index (χ2v) is 9.63. The van der Waals surface area contributed by atoms with Crippen LogP contribution in [0, 0.1) is 12.7 Å². The van der Waals surface area contributed by atoms with Gasteiger partial charge >= 0.3 is 0 Å². The molecule has 0 bridgehead atoms. The first-order valence-electron chi connectivity index (χ1n) is 13.9. The highest BCUT2D eigenvalue weighted by Gasteiger charge is 2.22. The largest absolute Gasteiger partial charge is 0.464 e. The van der Waals surface area contributed by atoms with Gasteiger partial charge in [0.1, 0.15) is 17.3 Å². The van der Waals surface area contributed by atoms with Crippen LogP contribution in [-0.4, -0.2) is 47.9 Å². The normalized spacial score (nSPS) is 11.0. The van der Waals surface area contributed by atoms with E-state index < -0.39 is 0 Å². The lowest BCUT2D eigenvalue weighted by Crippen LogP contribution is -2.43. The molecular formula is C30H45FN2O4. The predicted molar refractivity (Wildman–Crippen MR) is 144 cm³/mol. The van der Waals surface area contributed by atoms with Crippen molar-refractivity contribution >= 4 is 11.8 Å². The SMILES string of the molecule is CCCCCCCCCC(=O)N(CCCOCC)CC(=O)N(Cc1ccc(F)cc1)Cc1ccc(C)o1. The third-order valence-corrected chi connectivity index (χ3v) is 6.38. The molecule has 37 heavy (non-hydrogen) atoms. The Morgan fingerprint density at radius 1 is 0.838 bits per heavy atom. The van der Waals surface area contributed by atoms with E-state index in [1.54, 1.807) is 21.9 Å². The average Bonchev–Trinajstić information content (AvgIpc) is 3.30. The van der Waals surface area contributed by atoms with E-state index >= 15 is 0 Å². The van der Waals surface area contributed by atoms with Crippen LogP contribution in [-0.2, 0) is 27.4 Å². The van der Waals surface area contributed by atoms with Crippen molar-refractivity contribution in [2.24, 2.45) is 0 Å². The van der Waals surface area contributed by atoms with Crippen LogP contribution in [0.1, 0.15) is 88.7 Å². The van der Waals surface area contributed by atoms with E-state index in [1.165, 1.54) is 37.8 Å². The Balaban J connectivity index is 2.03. The van der Waals surface area contributed by atoms with E-state index in [9.17, 15) is 14.0 Å². The Bertz CT molecular complexity index is 913. The number of aryl methyl sites for hydroxylation is 1. The van der Waals surface area contributed by atoms with Crippen molar-refractivity contribution < 1.29 is 23.1 Å². The second kappa shape index (κ2) is 17.7. The van der Waals surface area contributed by atoms with Gasteiger partial charge in [-0.2, -0.15) is 0 Å². The maximum absolute atomic E-state index is 13.5. The Morgan fingerprint density at radius 3 is 2.19 bits per heavy atom. The Morgan fingerprint density at radius 2 is 1.54 bits per heavy atom. The first-order chi connectivity index (χ1) is 17.9. The second-order valence-electron chi connectivity index (χ2n) is 9.63. The number of ether oxygens (including phenoxy) is 1. The van der Waals surface area contributed by atoms with Crippen LogP contribution >= 0.6 is 0 Å². The van der Waals surface area contributed by atoms with Crippen LogP contribution in [0.25, 0.3) is 0 Å².